The van der Waals surface area contributed by atoms with E-state index < -0.39 is 0 Å². The second-order valence-corrected chi connectivity index (χ2v) is 8.64. The molecular weight excluding hydrogens is 320 g/mol. The van der Waals surface area contributed by atoms with Gasteiger partial charge >= 0.3 is 0 Å². The van der Waals surface area contributed by atoms with E-state index in [0.717, 1.165) is 47.7 Å². The van der Waals surface area contributed by atoms with Gasteiger partial charge in [0.15, 0.2) is 0 Å². The highest BCUT2D eigenvalue weighted by Gasteiger charge is 2.51. The number of amides is 1. The Morgan fingerprint density at radius 1 is 1.12 bits per heavy atom. The first kappa shape index (κ1) is 14.5. The monoisotopic (exact) mass is 340 g/mol. The molecule has 2 aromatic heterocycles. The van der Waals surface area contributed by atoms with Gasteiger partial charge in [0.2, 0.25) is 0 Å². The van der Waals surface area contributed by atoms with Crippen molar-refractivity contribution in [3.05, 3.63) is 29.7 Å². The van der Waals surface area contributed by atoms with Crippen molar-refractivity contribution < 1.29 is 4.79 Å². The highest BCUT2D eigenvalue weighted by Crippen LogP contribution is 2.55. The summed E-state index contributed by atoms with van der Waals surface area (Å²) in [6.45, 7) is 0. The molecule has 2 heterocycles. The van der Waals surface area contributed by atoms with Crippen LogP contribution in [-0.4, -0.2) is 26.4 Å². The fraction of sp³-hybridized carbons (Fsp3) is 0.556. The number of hydrogen-bond acceptors (Lipinski definition) is 5. The van der Waals surface area contributed by atoms with Crippen molar-refractivity contribution >= 4 is 17.2 Å². The van der Waals surface area contributed by atoms with Gasteiger partial charge in [-0.2, -0.15) is 0 Å². The lowest BCUT2D eigenvalue weighted by Gasteiger charge is -2.56. The zero-order valence-electron chi connectivity index (χ0n) is 13.4. The van der Waals surface area contributed by atoms with Crippen molar-refractivity contribution in [3.8, 4) is 10.7 Å². The molecule has 5 nitrogen and oxygen atoms in total. The number of carbonyl (C=O) groups excluding carboxylic acids is 1. The van der Waals surface area contributed by atoms with Crippen LogP contribution in [0.3, 0.4) is 0 Å². The third-order valence-electron chi connectivity index (χ3n) is 5.94. The summed E-state index contributed by atoms with van der Waals surface area (Å²) in [5.41, 5.74) is 1.26. The number of hydrogen-bond donors (Lipinski definition) is 1. The topological polar surface area (TPSA) is 67.8 Å². The lowest BCUT2D eigenvalue weighted by molar-refractivity contribution is -0.0167. The summed E-state index contributed by atoms with van der Waals surface area (Å²) in [5, 5.41) is 5.96. The first-order valence-corrected chi connectivity index (χ1v) is 9.61. The van der Waals surface area contributed by atoms with Crippen molar-refractivity contribution in [1.29, 1.82) is 0 Å². The predicted octanol–water partition coefficient (Wildman–Crippen LogP) is 3.30. The predicted molar refractivity (Wildman–Crippen MR) is 91.5 cm³/mol. The number of rotatable bonds is 3. The Labute approximate surface area is 144 Å². The van der Waals surface area contributed by atoms with Gasteiger partial charge in [0.25, 0.3) is 5.91 Å². The number of thiazole rings is 1. The molecule has 6 heteroatoms. The number of nitrogens with one attached hydrogen (secondary N) is 1. The van der Waals surface area contributed by atoms with Crippen LogP contribution in [0.15, 0.2) is 24.0 Å². The van der Waals surface area contributed by atoms with E-state index in [1.165, 1.54) is 30.6 Å². The van der Waals surface area contributed by atoms with Crippen LogP contribution < -0.4 is 5.32 Å². The Hall–Kier alpha value is -1.82. The van der Waals surface area contributed by atoms with Crippen molar-refractivity contribution in [1.82, 2.24) is 20.3 Å². The fourth-order valence-electron chi connectivity index (χ4n) is 5.47. The van der Waals surface area contributed by atoms with Crippen LogP contribution in [-0.2, 0) is 0 Å². The van der Waals surface area contributed by atoms with Gasteiger partial charge in [0.05, 0.1) is 6.20 Å². The minimum Gasteiger partial charge on any atom is -0.345 e. The molecule has 4 fully saturated rings. The van der Waals surface area contributed by atoms with E-state index in [9.17, 15) is 4.79 Å². The second kappa shape index (κ2) is 5.34. The molecule has 6 rings (SSSR count). The fourth-order valence-corrected chi connectivity index (χ4v) is 6.23. The van der Waals surface area contributed by atoms with Crippen molar-refractivity contribution in [2.24, 2.45) is 17.8 Å². The summed E-state index contributed by atoms with van der Waals surface area (Å²) in [7, 11) is 0. The van der Waals surface area contributed by atoms with Gasteiger partial charge in [0, 0.05) is 23.3 Å². The van der Waals surface area contributed by atoms with E-state index in [4.69, 9.17) is 0 Å². The van der Waals surface area contributed by atoms with E-state index in [1.807, 2.05) is 5.38 Å². The SMILES string of the molecule is O=C(NC12CC3CC(CC(C3)C1)C2)c1csc(-c2cnccn2)n1. The van der Waals surface area contributed by atoms with Crippen LogP contribution in [0.25, 0.3) is 10.7 Å². The summed E-state index contributed by atoms with van der Waals surface area (Å²) in [4.78, 5) is 25.6. The standard InChI is InChI=1S/C18H20N4OS/c23-16(15-10-24-17(21-15)14-9-19-1-2-20-14)22-18-6-11-3-12(7-18)5-13(4-11)8-18/h1-2,9-13H,3-8H2,(H,22,23). The molecule has 0 saturated heterocycles. The van der Waals surface area contributed by atoms with Crippen LogP contribution in [0.4, 0.5) is 0 Å². The molecule has 0 aliphatic heterocycles. The molecule has 1 amide bonds. The van der Waals surface area contributed by atoms with E-state index in [1.54, 1.807) is 18.6 Å². The maximum Gasteiger partial charge on any atom is 0.271 e. The minimum absolute atomic E-state index is 0.0247. The molecule has 0 unspecified atom stereocenters. The van der Waals surface area contributed by atoms with Gasteiger partial charge in [-0.25, -0.2) is 4.98 Å². The van der Waals surface area contributed by atoms with Gasteiger partial charge < -0.3 is 5.32 Å². The Morgan fingerprint density at radius 2 is 1.83 bits per heavy atom. The van der Waals surface area contributed by atoms with Crippen LogP contribution in [0.5, 0.6) is 0 Å². The molecular formula is C18H20N4OS. The quantitative estimate of drug-likeness (QED) is 0.931. The third-order valence-corrected chi connectivity index (χ3v) is 6.80. The molecule has 4 saturated carbocycles. The molecule has 4 aliphatic carbocycles. The Morgan fingerprint density at radius 3 is 2.46 bits per heavy atom. The Kier molecular flexibility index (Phi) is 3.23. The van der Waals surface area contributed by atoms with Gasteiger partial charge in [-0.3, -0.25) is 14.8 Å². The lowest BCUT2D eigenvalue weighted by Crippen LogP contribution is -2.59. The van der Waals surface area contributed by atoms with E-state index in [0.29, 0.717) is 5.69 Å². The Balaban J connectivity index is 1.35. The molecule has 4 aliphatic rings. The number of nitrogens with zero attached hydrogens (tertiary/aromatic N) is 3. The van der Waals surface area contributed by atoms with Crippen molar-refractivity contribution in [3.63, 3.8) is 0 Å². The third kappa shape index (κ3) is 2.44. The average Bonchev–Trinajstić information content (AvgIpc) is 3.04. The summed E-state index contributed by atoms with van der Waals surface area (Å²) in [6, 6.07) is 0. The Bertz CT molecular complexity index is 737. The number of carbonyl (C=O) groups is 1. The zero-order valence-corrected chi connectivity index (χ0v) is 14.3. The molecule has 0 atom stereocenters. The van der Waals surface area contributed by atoms with Crippen LogP contribution in [0.1, 0.15) is 49.0 Å². The highest BCUT2D eigenvalue weighted by molar-refractivity contribution is 7.13. The molecule has 24 heavy (non-hydrogen) atoms. The second-order valence-electron chi connectivity index (χ2n) is 7.78. The van der Waals surface area contributed by atoms with Crippen LogP contribution >= 0.6 is 11.3 Å². The largest absolute Gasteiger partial charge is 0.345 e. The van der Waals surface area contributed by atoms with Gasteiger partial charge in [-0.1, -0.05) is 0 Å². The first-order chi connectivity index (χ1) is 11.7. The smallest absolute Gasteiger partial charge is 0.271 e. The lowest BCUT2D eigenvalue weighted by atomic mass is 9.53. The van der Waals surface area contributed by atoms with E-state index in [2.05, 4.69) is 20.3 Å². The summed E-state index contributed by atoms with van der Waals surface area (Å²) >= 11 is 1.45. The van der Waals surface area contributed by atoms with Gasteiger partial charge in [-0.05, 0) is 56.3 Å². The summed E-state index contributed by atoms with van der Waals surface area (Å²) < 4.78 is 0. The number of aromatic nitrogens is 3. The zero-order chi connectivity index (χ0) is 16.1. The van der Waals surface area contributed by atoms with Crippen molar-refractivity contribution in [2.75, 3.05) is 0 Å². The maximum atomic E-state index is 12.8. The maximum absolute atomic E-state index is 12.8. The highest BCUT2D eigenvalue weighted by atomic mass is 32.1. The van der Waals surface area contributed by atoms with E-state index in [-0.39, 0.29) is 11.4 Å². The van der Waals surface area contributed by atoms with Gasteiger partial charge in [-0.15, -0.1) is 11.3 Å². The molecule has 4 bridgehead atoms. The van der Waals surface area contributed by atoms with Crippen LogP contribution in [0.2, 0.25) is 0 Å². The normalized spacial score (nSPS) is 33.6. The molecule has 124 valence electrons. The molecule has 0 spiro atoms. The molecule has 2 aromatic rings. The molecule has 0 aromatic carbocycles. The molecule has 0 radical (unpaired) electrons. The van der Waals surface area contributed by atoms with E-state index >= 15 is 0 Å². The van der Waals surface area contributed by atoms with Gasteiger partial charge in [0.1, 0.15) is 16.4 Å². The minimum atomic E-state index is -0.0247. The average molecular weight is 340 g/mol. The first-order valence-electron chi connectivity index (χ1n) is 8.73. The van der Waals surface area contributed by atoms with Crippen molar-refractivity contribution in [2.45, 2.75) is 44.1 Å². The van der Waals surface area contributed by atoms with Crippen LogP contribution in [0, 0.1) is 17.8 Å². The summed E-state index contributed by atoms with van der Waals surface area (Å²) in [5.74, 6) is 2.44. The molecule has 1 N–H and O–H groups in total. The summed E-state index contributed by atoms with van der Waals surface area (Å²) in [6.07, 6.45) is 12.6.